The Balaban J connectivity index is 2.44. The number of H-pyrrole nitrogens is 1. The van der Waals surface area contributed by atoms with E-state index in [0.29, 0.717) is 0 Å². The molecule has 0 aliphatic rings. The number of rotatable bonds is 3. The van der Waals surface area contributed by atoms with Crippen LogP contribution in [0.2, 0.25) is 0 Å². The van der Waals surface area contributed by atoms with E-state index < -0.39 is 17.6 Å². The highest BCUT2D eigenvalue weighted by atomic mass is 19.4. The summed E-state index contributed by atoms with van der Waals surface area (Å²) >= 11 is 0. The fourth-order valence-electron chi connectivity index (χ4n) is 2.32. The molecule has 1 amide bonds. The van der Waals surface area contributed by atoms with Crippen LogP contribution in [-0.2, 0) is 6.18 Å². The standard InChI is InChI=1S/C14H9F3N4O2/c15-14(16,17)8-2-1-7(13(18)22)11(10-4-6-20-23-10)12(8)9-3-5-19-21-9/h1-6H,(H2,18,22)(H,19,21). The molecule has 0 spiro atoms. The zero-order chi connectivity index (χ0) is 16.6. The molecule has 0 aliphatic carbocycles. The van der Waals surface area contributed by atoms with Crippen molar-refractivity contribution in [3.8, 4) is 22.6 Å². The van der Waals surface area contributed by atoms with Crippen LogP contribution in [0.15, 0.2) is 41.2 Å². The summed E-state index contributed by atoms with van der Waals surface area (Å²) in [4.78, 5) is 11.7. The normalized spacial score (nSPS) is 11.6. The Hall–Kier alpha value is -3.10. The topological polar surface area (TPSA) is 97.8 Å². The van der Waals surface area contributed by atoms with Crippen molar-refractivity contribution in [2.45, 2.75) is 6.18 Å². The van der Waals surface area contributed by atoms with Gasteiger partial charge in [0, 0.05) is 23.4 Å². The van der Waals surface area contributed by atoms with Crippen molar-refractivity contribution in [1.29, 1.82) is 0 Å². The summed E-state index contributed by atoms with van der Waals surface area (Å²) in [6.07, 6.45) is -2.08. The van der Waals surface area contributed by atoms with Gasteiger partial charge in [-0.2, -0.15) is 18.3 Å². The molecule has 3 N–H and O–H groups in total. The van der Waals surface area contributed by atoms with Gasteiger partial charge in [0.1, 0.15) is 0 Å². The Morgan fingerprint density at radius 3 is 2.43 bits per heavy atom. The molecule has 23 heavy (non-hydrogen) atoms. The van der Waals surface area contributed by atoms with Crippen molar-refractivity contribution in [3.63, 3.8) is 0 Å². The first-order valence-corrected chi connectivity index (χ1v) is 6.34. The average molecular weight is 322 g/mol. The maximum Gasteiger partial charge on any atom is 0.417 e. The Morgan fingerprint density at radius 1 is 1.13 bits per heavy atom. The van der Waals surface area contributed by atoms with Crippen LogP contribution < -0.4 is 5.73 Å². The second kappa shape index (κ2) is 5.27. The zero-order valence-electron chi connectivity index (χ0n) is 11.4. The molecule has 3 aromatic rings. The molecule has 3 rings (SSSR count). The largest absolute Gasteiger partial charge is 0.417 e. The van der Waals surface area contributed by atoms with Crippen LogP contribution in [0.3, 0.4) is 0 Å². The van der Waals surface area contributed by atoms with E-state index in [2.05, 4.69) is 15.4 Å². The molecule has 0 bridgehead atoms. The third-order valence-corrected chi connectivity index (χ3v) is 3.23. The number of halogens is 3. The number of benzene rings is 1. The van der Waals surface area contributed by atoms with Crippen LogP contribution in [-0.4, -0.2) is 21.3 Å². The monoisotopic (exact) mass is 322 g/mol. The van der Waals surface area contributed by atoms with Crippen molar-refractivity contribution in [2.75, 3.05) is 0 Å². The van der Waals surface area contributed by atoms with E-state index in [1.54, 1.807) is 0 Å². The molecule has 9 heteroatoms. The van der Waals surface area contributed by atoms with Crippen LogP contribution in [0, 0.1) is 0 Å². The van der Waals surface area contributed by atoms with Gasteiger partial charge in [0.15, 0.2) is 5.76 Å². The molecule has 2 aromatic heterocycles. The minimum absolute atomic E-state index is 0.00509. The van der Waals surface area contributed by atoms with Crippen LogP contribution in [0.5, 0.6) is 0 Å². The van der Waals surface area contributed by atoms with E-state index in [9.17, 15) is 18.0 Å². The predicted molar refractivity (Wildman–Crippen MR) is 73.0 cm³/mol. The first-order chi connectivity index (χ1) is 10.9. The summed E-state index contributed by atoms with van der Waals surface area (Å²) in [5, 5.41) is 9.61. The molecule has 0 aliphatic heterocycles. The van der Waals surface area contributed by atoms with Gasteiger partial charge in [0.05, 0.1) is 23.0 Å². The van der Waals surface area contributed by atoms with Crippen LogP contribution in [0.1, 0.15) is 15.9 Å². The Labute approximate surface area is 127 Å². The maximum absolute atomic E-state index is 13.4. The van der Waals surface area contributed by atoms with Gasteiger partial charge in [0.2, 0.25) is 5.91 Å². The van der Waals surface area contributed by atoms with E-state index in [4.69, 9.17) is 10.3 Å². The predicted octanol–water partition coefficient (Wildman–Crippen LogP) is 2.85. The number of alkyl halides is 3. The van der Waals surface area contributed by atoms with Crippen molar-refractivity contribution in [1.82, 2.24) is 15.4 Å². The van der Waals surface area contributed by atoms with E-state index in [1.165, 1.54) is 24.5 Å². The van der Waals surface area contributed by atoms with Crippen molar-refractivity contribution < 1.29 is 22.5 Å². The number of carbonyl (C=O) groups excluding carboxylic acids is 1. The Bertz CT molecular complexity index is 840. The number of carbonyl (C=O) groups is 1. The number of nitrogens with one attached hydrogen (secondary N) is 1. The SMILES string of the molecule is NC(=O)c1ccc(C(F)(F)F)c(-c2ccn[nH]2)c1-c1ccno1. The maximum atomic E-state index is 13.4. The fraction of sp³-hybridized carbons (Fsp3) is 0.0714. The Kier molecular flexibility index (Phi) is 3.40. The number of nitrogens with two attached hydrogens (primary N) is 1. The zero-order valence-corrected chi connectivity index (χ0v) is 11.4. The van der Waals surface area contributed by atoms with Gasteiger partial charge < -0.3 is 10.3 Å². The molecule has 0 fully saturated rings. The summed E-state index contributed by atoms with van der Waals surface area (Å²) in [5.74, 6) is -0.889. The molecule has 2 heterocycles. The number of amides is 1. The molecular formula is C14H9F3N4O2. The second-order valence-electron chi connectivity index (χ2n) is 4.62. The van der Waals surface area contributed by atoms with E-state index in [1.807, 2.05) is 0 Å². The number of hydrogen-bond acceptors (Lipinski definition) is 4. The molecule has 0 radical (unpaired) electrons. The van der Waals surface area contributed by atoms with Crippen molar-refractivity contribution >= 4 is 5.91 Å². The smallest absolute Gasteiger partial charge is 0.366 e. The number of aromatic amines is 1. The van der Waals surface area contributed by atoms with Gasteiger partial charge >= 0.3 is 6.18 Å². The van der Waals surface area contributed by atoms with Gasteiger partial charge in [0.25, 0.3) is 0 Å². The highest BCUT2D eigenvalue weighted by Crippen LogP contribution is 2.43. The number of nitrogens with zero attached hydrogens (tertiary/aromatic N) is 2. The summed E-state index contributed by atoms with van der Waals surface area (Å²) in [6, 6.07) is 4.52. The molecule has 0 saturated carbocycles. The molecule has 1 aromatic carbocycles. The van der Waals surface area contributed by atoms with Gasteiger partial charge in [-0.3, -0.25) is 9.89 Å². The summed E-state index contributed by atoms with van der Waals surface area (Å²) in [6.45, 7) is 0. The third-order valence-electron chi connectivity index (χ3n) is 3.23. The molecule has 118 valence electrons. The second-order valence-corrected chi connectivity index (χ2v) is 4.62. The lowest BCUT2D eigenvalue weighted by Gasteiger charge is -2.17. The summed E-state index contributed by atoms with van der Waals surface area (Å²) in [5.41, 5.74) is 3.95. The van der Waals surface area contributed by atoms with E-state index in [0.717, 1.165) is 12.1 Å². The minimum Gasteiger partial charge on any atom is -0.366 e. The van der Waals surface area contributed by atoms with Gasteiger partial charge in [-0.1, -0.05) is 5.16 Å². The third kappa shape index (κ3) is 2.56. The van der Waals surface area contributed by atoms with E-state index >= 15 is 0 Å². The summed E-state index contributed by atoms with van der Waals surface area (Å²) in [7, 11) is 0. The van der Waals surface area contributed by atoms with Crippen LogP contribution in [0.4, 0.5) is 13.2 Å². The van der Waals surface area contributed by atoms with Gasteiger partial charge in [-0.25, -0.2) is 0 Å². The van der Waals surface area contributed by atoms with Crippen molar-refractivity contribution in [2.24, 2.45) is 5.73 Å². The molecule has 0 atom stereocenters. The highest BCUT2D eigenvalue weighted by molar-refractivity contribution is 6.03. The fourth-order valence-corrected chi connectivity index (χ4v) is 2.32. The van der Waals surface area contributed by atoms with Crippen molar-refractivity contribution in [3.05, 3.63) is 47.8 Å². The van der Waals surface area contributed by atoms with E-state index in [-0.39, 0.29) is 28.1 Å². The Morgan fingerprint density at radius 2 is 1.91 bits per heavy atom. The summed E-state index contributed by atoms with van der Waals surface area (Å²) < 4.78 is 45.2. The lowest BCUT2D eigenvalue weighted by molar-refractivity contribution is -0.137. The molecular weight excluding hydrogens is 313 g/mol. The quantitative estimate of drug-likeness (QED) is 0.774. The van der Waals surface area contributed by atoms with Gasteiger partial charge in [-0.05, 0) is 18.2 Å². The van der Waals surface area contributed by atoms with Crippen LogP contribution >= 0.6 is 0 Å². The van der Waals surface area contributed by atoms with Gasteiger partial charge in [-0.15, -0.1) is 0 Å². The lowest BCUT2D eigenvalue weighted by Crippen LogP contribution is -2.16. The molecule has 0 unspecified atom stereocenters. The average Bonchev–Trinajstić information content (AvgIpc) is 3.18. The first-order valence-electron chi connectivity index (χ1n) is 6.34. The van der Waals surface area contributed by atoms with Crippen LogP contribution in [0.25, 0.3) is 22.6 Å². The molecule has 0 saturated heterocycles. The number of primary amides is 1. The lowest BCUT2D eigenvalue weighted by atomic mass is 9.91. The number of hydrogen-bond donors (Lipinski definition) is 2. The minimum atomic E-state index is -4.65. The first kappa shape index (κ1) is 14.8. The highest BCUT2D eigenvalue weighted by Gasteiger charge is 2.37. The molecule has 6 nitrogen and oxygen atoms in total. The number of aromatic nitrogens is 3.